The van der Waals surface area contributed by atoms with Gasteiger partial charge < -0.3 is 4.74 Å². The lowest BCUT2D eigenvalue weighted by Crippen LogP contribution is -2.27. The zero-order valence-corrected chi connectivity index (χ0v) is 20.6. The van der Waals surface area contributed by atoms with Crippen molar-refractivity contribution in [2.75, 3.05) is 4.90 Å². The molecule has 0 bridgehead atoms. The molecular formula is C23H14Br2ClNO3S. The summed E-state index contributed by atoms with van der Waals surface area (Å²) in [6, 6.07) is 20.1. The second-order valence-corrected chi connectivity index (χ2v) is 9.86. The lowest BCUT2D eigenvalue weighted by molar-refractivity contribution is -0.113. The molecule has 0 unspecified atom stereocenters. The average Bonchev–Trinajstić information content (AvgIpc) is 3.01. The zero-order chi connectivity index (χ0) is 22.0. The van der Waals surface area contributed by atoms with Crippen LogP contribution in [-0.2, 0) is 11.4 Å². The molecule has 1 heterocycles. The third-order valence-electron chi connectivity index (χ3n) is 4.43. The van der Waals surface area contributed by atoms with E-state index in [0.29, 0.717) is 33.5 Å². The molecule has 0 spiro atoms. The first-order chi connectivity index (χ1) is 14.9. The molecule has 8 heteroatoms. The summed E-state index contributed by atoms with van der Waals surface area (Å²) in [6.45, 7) is 0.375. The Bertz CT molecular complexity index is 1200. The SMILES string of the molecule is O=C1S/C(=C/c2cc(Br)ccc2OCc2ccc(Br)cc2)C(=O)N1c1cccc(Cl)c1. The number of halogens is 3. The number of benzene rings is 3. The molecule has 3 aromatic rings. The Morgan fingerprint density at radius 2 is 1.71 bits per heavy atom. The highest BCUT2D eigenvalue weighted by atomic mass is 79.9. The fraction of sp³-hybridized carbons (Fsp3) is 0.0435. The molecule has 1 saturated heterocycles. The number of hydrogen-bond acceptors (Lipinski definition) is 4. The van der Waals surface area contributed by atoms with Crippen molar-refractivity contribution in [1.82, 2.24) is 0 Å². The second kappa shape index (κ2) is 9.61. The van der Waals surface area contributed by atoms with Gasteiger partial charge in [0.1, 0.15) is 12.4 Å². The Morgan fingerprint density at radius 1 is 0.968 bits per heavy atom. The van der Waals surface area contributed by atoms with Crippen molar-refractivity contribution in [1.29, 1.82) is 0 Å². The van der Waals surface area contributed by atoms with Gasteiger partial charge in [-0.15, -0.1) is 0 Å². The van der Waals surface area contributed by atoms with Crippen LogP contribution in [0.3, 0.4) is 0 Å². The van der Waals surface area contributed by atoms with Gasteiger partial charge in [-0.25, -0.2) is 4.90 Å². The number of carbonyl (C=O) groups is 2. The van der Waals surface area contributed by atoms with Crippen LogP contribution in [-0.4, -0.2) is 11.1 Å². The summed E-state index contributed by atoms with van der Waals surface area (Å²) in [5.41, 5.74) is 2.15. The van der Waals surface area contributed by atoms with Gasteiger partial charge in [0.25, 0.3) is 11.1 Å². The molecule has 3 aromatic carbocycles. The Kier molecular flexibility index (Phi) is 6.86. The minimum atomic E-state index is -0.392. The minimum Gasteiger partial charge on any atom is -0.488 e. The first-order valence-electron chi connectivity index (χ1n) is 9.11. The normalized spacial score (nSPS) is 15.1. The maximum atomic E-state index is 13.0. The van der Waals surface area contributed by atoms with Crippen molar-refractivity contribution in [2.24, 2.45) is 0 Å². The third kappa shape index (κ3) is 5.23. The Balaban J connectivity index is 1.60. The van der Waals surface area contributed by atoms with Crippen LogP contribution in [0.1, 0.15) is 11.1 Å². The minimum absolute atomic E-state index is 0.316. The molecule has 4 nitrogen and oxygen atoms in total. The van der Waals surface area contributed by atoms with Crippen molar-refractivity contribution in [2.45, 2.75) is 6.61 Å². The zero-order valence-electron chi connectivity index (χ0n) is 15.8. The average molecular weight is 580 g/mol. The number of carbonyl (C=O) groups excluding carboxylic acids is 2. The van der Waals surface area contributed by atoms with Crippen LogP contribution in [0.4, 0.5) is 10.5 Å². The van der Waals surface area contributed by atoms with Crippen molar-refractivity contribution in [3.05, 3.63) is 96.7 Å². The van der Waals surface area contributed by atoms with E-state index in [1.165, 1.54) is 0 Å². The standard InChI is InChI=1S/C23H14Br2ClNO3S/c24-16-6-4-14(5-7-16)13-30-20-9-8-17(25)10-15(20)11-21-22(28)27(23(29)31-21)19-3-1-2-18(26)12-19/h1-12H,13H2/b21-11+. The molecule has 1 aliphatic heterocycles. The summed E-state index contributed by atoms with van der Waals surface area (Å²) >= 11 is 13.8. The Morgan fingerprint density at radius 3 is 2.45 bits per heavy atom. The van der Waals surface area contributed by atoms with Gasteiger partial charge in [0.05, 0.1) is 10.6 Å². The number of thioether (sulfide) groups is 1. The quantitative estimate of drug-likeness (QED) is 0.291. The number of imide groups is 1. The molecule has 156 valence electrons. The molecule has 1 aliphatic rings. The molecule has 2 amide bonds. The number of anilines is 1. The van der Waals surface area contributed by atoms with E-state index < -0.39 is 5.91 Å². The van der Waals surface area contributed by atoms with Crippen LogP contribution < -0.4 is 9.64 Å². The number of hydrogen-bond donors (Lipinski definition) is 0. The van der Waals surface area contributed by atoms with Gasteiger partial charge in [-0.3, -0.25) is 9.59 Å². The monoisotopic (exact) mass is 577 g/mol. The van der Waals surface area contributed by atoms with Gasteiger partial charge in [-0.05, 0) is 71.9 Å². The molecule has 0 aliphatic carbocycles. The molecule has 0 aromatic heterocycles. The Labute approximate surface area is 205 Å². The van der Waals surface area contributed by atoms with E-state index >= 15 is 0 Å². The molecule has 0 atom stereocenters. The predicted octanol–water partition coefficient (Wildman–Crippen LogP) is 7.68. The largest absolute Gasteiger partial charge is 0.488 e. The highest BCUT2D eigenvalue weighted by molar-refractivity contribution is 9.10. The van der Waals surface area contributed by atoms with Gasteiger partial charge in [0.2, 0.25) is 0 Å². The topological polar surface area (TPSA) is 46.6 Å². The lowest BCUT2D eigenvalue weighted by atomic mass is 10.1. The molecule has 0 radical (unpaired) electrons. The van der Waals surface area contributed by atoms with Gasteiger partial charge >= 0.3 is 0 Å². The summed E-state index contributed by atoms with van der Waals surface area (Å²) < 4.78 is 7.83. The van der Waals surface area contributed by atoms with Crippen molar-refractivity contribution in [3.63, 3.8) is 0 Å². The summed E-state index contributed by atoms with van der Waals surface area (Å²) in [5, 5.41) is 0.0852. The van der Waals surface area contributed by atoms with Gasteiger partial charge in [-0.2, -0.15) is 0 Å². The van der Waals surface area contributed by atoms with Crippen molar-refractivity contribution in [3.8, 4) is 5.75 Å². The molecule has 0 N–H and O–H groups in total. The summed E-state index contributed by atoms with van der Waals surface area (Å²) in [4.78, 5) is 26.9. The first kappa shape index (κ1) is 22.1. The maximum Gasteiger partial charge on any atom is 0.298 e. The van der Waals surface area contributed by atoms with Crippen molar-refractivity contribution < 1.29 is 14.3 Å². The summed E-state index contributed by atoms with van der Waals surface area (Å²) in [7, 11) is 0. The van der Waals surface area contributed by atoms with E-state index in [2.05, 4.69) is 31.9 Å². The lowest BCUT2D eigenvalue weighted by Gasteiger charge is -2.12. The molecule has 1 fully saturated rings. The van der Waals surface area contributed by atoms with E-state index in [0.717, 1.165) is 31.2 Å². The van der Waals surface area contributed by atoms with E-state index in [-0.39, 0.29) is 5.24 Å². The second-order valence-electron chi connectivity index (χ2n) is 6.59. The first-order valence-corrected chi connectivity index (χ1v) is 11.9. The predicted molar refractivity (Wildman–Crippen MR) is 133 cm³/mol. The maximum absolute atomic E-state index is 13.0. The number of ether oxygens (including phenoxy) is 1. The van der Waals surface area contributed by atoms with Crippen LogP contribution in [0.2, 0.25) is 5.02 Å². The fourth-order valence-corrected chi connectivity index (χ4v) is 4.61. The molecular weight excluding hydrogens is 566 g/mol. The summed E-state index contributed by atoms with van der Waals surface area (Å²) in [6.07, 6.45) is 1.68. The van der Waals surface area contributed by atoms with Crippen LogP contribution in [0.25, 0.3) is 6.08 Å². The number of nitrogens with zero attached hydrogens (tertiary/aromatic N) is 1. The Hall–Kier alpha value is -2.06. The van der Waals surface area contributed by atoms with Gasteiger partial charge in [0, 0.05) is 19.5 Å². The van der Waals surface area contributed by atoms with E-state index in [1.54, 1.807) is 30.3 Å². The van der Waals surface area contributed by atoms with E-state index in [1.807, 2.05) is 42.5 Å². The van der Waals surface area contributed by atoms with E-state index in [4.69, 9.17) is 16.3 Å². The highest BCUT2D eigenvalue weighted by Crippen LogP contribution is 2.38. The molecule has 4 rings (SSSR count). The highest BCUT2D eigenvalue weighted by Gasteiger charge is 2.36. The van der Waals surface area contributed by atoms with Gasteiger partial charge in [-0.1, -0.05) is 61.7 Å². The van der Waals surface area contributed by atoms with Crippen LogP contribution >= 0.6 is 55.2 Å². The summed E-state index contributed by atoms with van der Waals surface area (Å²) in [5.74, 6) is 0.219. The fourth-order valence-electron chi connectivity index (χ4n) is 2.95. The van der Waals surface area contributed by atoms with Crippen LogP contribution in [0.5, 0.6) is 5.75 Å². The molecule has 0 saturated carbocycles. The number of rotatable bonds is 5. The molecule has 31 heavy (non-hydrogen) atoms. The van der Waals surface area contributed by atoms with E-state index in [9.17, 15) is 9.59 Å². The smallest absolute Gasteiger partial charge is 0.298 e. The van der Waals surface area contributed by atoms with Crippen molar-refractivity contribution >= 4 is 78.1 Å². The van der Waals surface area contributed by atoms with Crippen LogP contribution in [0, 0.1) is 0 Å². The van der Waals surface area contributed by atoms with Crippen LogP contribution in [0.15, 0.2) is 80.6 Å². The van der Waals surface area contributed by atoms with Gasteiger partial charge in [0.15, 0.2) is 0 Å². The number of amides is 2. The third-order valence-corrected chi connectivity index (χ3v) is 6.55.